The van der Waals surface area contributed by atoms with E-state index < -0.39 is 0 Å². The number of hydrogen-bond donors (Lipinski definition) is 2. The number of ether oxygens (including phenoxy) is 1. The van der Waals surface area contributed by atoms with E-state index in [-0.39, 0.29) is 5.91 Å². The number of benzene rings is 2. The second-order valence-electron chi connectivity index (χ2n) is 8.25. The average Bonchev–Trinajstić information content (AvgIpc) is 2.77. The maximum Gasteiger partial charge on any atom is 0.279 e. The molecule has 2 N–H and O–H groups in total. The number of carbonyl (C=O) groups is 1. The van der Waals surface area contributed by atoms with Crippen LogP contribution in [0.3, 0.4) is 0 Å². The van der Waals surface area contributed by atoms with Gasteiger partial charge in [0, 0.05) is 24.5 Å². The predicted molar refractivity (Wildman–Crippen MR) is 117 cm³/mol. The average molecular weight is 395 g/mol. The third kappa shape index (κ3) is 5.81. The fraction of sp³-hybridized carbons (Fsp3) is 0.458. The molecule has 0 aromatic heterocycles. The number of hydrogen-bond acceptors (Lipinski definition) is 3. The van der Waals surface area contributed by atoms with Crippen molar-refractivity contribution in [1.82, 2.24) is 0 Å². The van der Waals surface area contributed by atoms with Gasteiger partial charge in [-0.15, -0.1) is 0 Å². The molecule has 5 heteroatoms. The van der Waals surface area contributed by atoms with Gasteiger partial charge >= 0.3 is 0 Å². The van der Waals surface area contributed by atoms with Gasteiger partial charge in [0.1, 0.15) is 0 Å². The van der Waals surface area contributed by atoms with E-state index >= 15 is 0 Å². The Morgan fingerprint density at radius 3 is 2.38 bits per heavy atom. The lowest BCUT2D eigenvalue weighted by Gasteiger charge is -2.29. The lowest BCUT2D eigenvalue weighted by atomic mass is 9.90. The van der Waals surface area contributed by atoms with E-state index in [9.17, 15) is 4.79 Å². The van der Waals surface area contributed by atoms with Gasteiger partial charge in [0.05, 0.1) is 26.3 Å². The zero-order valence-electron chi connectivity index (χ0n) is 17.1. The lowest BCUT2D eigenvalue weighted by Crippen LogP contribution is -3.14. The largest absolute Gasteiger partial charge is 0.378 e. The van der Waals surface area contributed by atoms with E-state index in [4.69, 9.17) is 4.74 Å². The van der Waals surface area contributed by atoms with E-state index in [1.54, 1.807) is 0 Å². The summed E-state index contributed by atoms with van der Waals surface area (Å²) in [5, 5.41) is 3.07. The minimum atomic E-state index is 0.112. The molecule has 2 aliphatic heterocycles. The van der Waals surface area contributed by atoms with Gasteiger partial charge in [0.15, 0.2) is 6.54 Å². The SMILES string of the molecule is O=C(C[NH+]1CCC(Cc2ccccc2)CC1)Nc1ccc(N2CCOCC2)cc1. The molecule has 0 unspecified atom stereocenters. The van der Waals surface area contributed by atoms with Gasteiger partial charge in [-0.1, -0.05) is 30.3 Å². The van der Waals surface area contributed by atoms with E-state index in [1.807, 2.05) is 12.1 Å². The van der Waals surface area contributed by atoms with Crippen LogP contribution in [0.2, 0.25) is 0 Å². The van der Waals surface area contributed by atoms with Crippen molar-refractivity contribution >= 4 is 17.3 Å². The second-order valence-corrected chi connectivity index (χ2v) is 8.25. The summed E-state index contributed by atoms with van der Waals surface area (Å²) in [7, 11) is 0. The number of carbonyl (C=O) groups excluding carboxylic acids is 1. The number of amides is 1. The molecule has 4 rings (SSSR count). The van der Waals surface area contributed by atoms with Crippen molar-refractivity contribution in [2.45, 2.75) is 19.3 Å². The van der Waals surface area contributed by atoms with Crippen LogP contribution in [-0.2, 0) is 16.0 Å². The molecule has 2 fully saturated rings. The molecule has 0 atom stereocenters. The molecule has 2 aliphatic rings. The number of morpholine rings is 1. The van der Waals surface area contributed by atoms with Gasteiger partial charge < -0.3 is 19.9 Å². The number of quaternary nitrogens is 1. The van der Waals surface area contributed by atoms with Crippen LogP contribution >= 0.6 is 0 Å². The minimum absolute atomic E-state index is 0.112. The highest BCUT2D eigenvalue weighted by molar-refractivity contribution is 5.91. The first-order chi connectivity index (χ1) is 14.3. The molecular formula is C24H32N3O2+. The fourth-order valence-corrected chi connectivity index (χ4v) is 4.42. The topological polar surface area (TPSA) is 46.0 Å². The first-order valence-corrected chi connectivity index (χ1v) is 10.9. The van der Waals surface area contributed by atoms with E-state index in [1.165, 1.54) is 29.0 Å². The zero-order chi connectivity index (χ0) is 19.9. The summed E-state index contributed by atoms with van der Waals surface area (Å²) in [6, 6.07) is 18.9. The Hall–Kier alpha value is -2.37. The highest BCUT2D eigenvalue weighted by atomic mass is 16.5. The van der Waals surface area contributed by atoms with Crippen molar-refractivity contribution < 1.29 is 14.4 Å². The van der Waals surface area contributed by atoms with Crippen LogP contribution in [-0.4, -0.2) is 51.8 Å². The van der Waals surface area contributed by atoms with Crippen LogP contribution in [0.4, 0.5) is 11.4 Å². The van der Waals surface area contributed by atoms with E-state index in [2.05, 4.69) is 52.7 Å². The summed E-state index contributed by atoms with van der Waals surface area (Å²) >= 11 is 0. The quantitative estimate of drug-likeness (QED) is 0.788. The Kier molecular flexibility index (Phi) is 6.80. The van der Waals surface area contributed by atoms with Crippen molar-refractivity contribution in [2.75, 3.05) is 56.2 Å². The summed E-state index contributed by atoms with van der Waals surface area (Å²) in [5.41, 5.74) is 3.50. The Balaban J connectivity index is 1.20. The number of nitrogens with one attached hydrogen (secondary N) is 2. The molecule has 2 saturated heterocycles. The maximum atomic E-state index is 12.5. The molecule has 154 valence electrons. The van der Waals surface area contributed by atoms with Crippen LogP contribution in [0.15, 0.2) is 54.6 Å². The number of anilines is 2. The Labute approximate surface area is 173 Å². The number of likely N-dealkylation sites (tertiary alicyclic amines) is 1. The molecular weight excluding hydrogens is 362 g/mol. The Morgan fingerprint density at radius 2 is 1.69 bits per heavy atom. The molecule has 2 aromatic rings. The van der Waals surface area contributed by atoms with Crippen LogP contribution in [0.5, 0.6) is 0 Å². The summed E-state index contributed by atoms with van der Waals surface area (Å²) < 4.78 is 5.40. The first kappa shape index (κ1) is 19.9. The summed E-state index contributed by atoms with van der Waals surface area (Å²) in [5.74, 6) is 0.859. The molecule has 0 bridgehead atoms. The summed E-state index contributed by atoms with van der Waals surface area (Å²) in [4.78, 5) is 16.2. The summed E-state index contributed by atoms with van der Waals surface area (Å²) in [6.07, 6.45) is 3.56. The molecule has 1 amide bonds. The smallest absolute Gasteiger partial charge is 0.279 e. The molecule has 0 aliphatic carbocycles. The van der Waals surface area contributed by atoms with Crippen molar-refractivity contribution in [2.24, 2.45) is 5.92 Å². The van der Waals surface area contributed by atoms with Crippen molar-refractivity contribution in [1.29, 1.82) is 0 Å². The highest BCUT2D eigenvalue weighted by Crippen LogP contribution is 2.19. The van der Waals surface area contributed by atoms with Crippen molar-refractivity contribution in [3.05, 3.63) is 60.2 Å². The van der Waals surface area contributed by atoms with Gasteiger partial charge in [-0.3, -0.25) is 4.79 Å². The van der Waals surface area contributed by atoms with Gasteiger partial charge in [-0.25, -0.2) is 0 Å². The van der Waals surface area contributed by atoms with Crippen molar-refractivity contribution in [3.63, 3.8) is 0 Å². The van der Waals surface area contributed by atoms with Gasteiger partial charge in [-0.05, 0) is 55.0 Å². The van der Waals surface area contributed by atoms with Gasteiger partial charge in [-0.2, -0.15) is 0 Å². The molecule has 2 heterocycles. The number of rotatable bonds is 6. The minimum Gasteiger partial charge on any atom is -0.378 e. The van der Waals surface area contributed by atoms with Gasteiger partial charge in [0.25, 0.3) is 5.91 Å². The molecule has 5 nitrogen and oxygen atoms in total. The molecule has 0 saturated carbocycles. The Bertz CT molecular complexity index is 764. The third-order valence-corrected chi connectivity index (χ3v) is 6.12. The fourth-order valence-electron chi connectivity index (χ4n) is 4.42. The molecule has 2 aromatic carbocycles. The van der Waals surface area contributed by atoms with E-state index in [0.717, 1.165) is 57.4 Å². The molecule has 0 radical (unpaired) electrons. The van der Waals surface area contributed by atoms with E-state index in [0.29, 0.717) is 6.54 Å². The van der Waals surface area contributed by atoms with Crippen LogP contribution in [0.25, 0.3) is 0 Å². The van der Waals surface area contributed by atoms with Gasteiger partial charge in [0.2, 0.25) is 0 Å². The first-order valence-electron chi connectivity index (χ1n) is 10.9. The second kappa shape index (κ2) is 9.90. The van der Waals surface area contributed by atoms with Crippen LogP contribution in [0.1, 0.15) is 18.4 Å². The molecule has 0 spiro atoms. The Morgan fingerprint density at radius 1 is 1.00 bits per heavy atom. The van der Waals surface area contributed by atoms with Crippen LogP contribution in [0, 0.1) is 5.92 Å². The molecule has 29 heavy (non-hydrogen) atoms. The number of piperidine rings is 1. The predicted octanol–water partition coefficient (Wildman–Crippen LogP) is 2.00. The standard InChI is InChI=1S/C24H31N3O2/c28-24(25-22-6-8-23(9-7-22)27-14-16-29-17-15-27)19-26-12-10-21(11-13-26)18-20-4-2-1-3-5-20/h1-9,21H,10-19H2,(H,25,28)/p+1. The lowest BCUT2D eigenvalue weighted by molar-refractivity contribution is -0.898. The highest BCUT2D eigenvalue weighted by Gasteiger charge is 2.24. The zero-order valence-corrected chi connectivity index (χ0v) is 17.1. The third-order valence-electron chi connectivity index (χ3n) is 6.12. The number of nitrogens with zero attached hydrogens (tertiary/aromatic N) is 1. The monoisotopic (exact) mass is 394 g/mol. The van der Waals surface area contributed by atoms with Crippen LogP contribution < -0.4 is 15.1 Å². The maximum absolute atomic E-state index is 12.5. The van der Waals surface area contributed by atoms with Crippen molar-refractivity contribution in [3.8, 4) is 0 Å². The normalized spacial score (nSPS) is 22.3. The summed E-state index contributed by atoms with van der Waals surface area (Å²) in [6.45, 7) is 6.14.